The van der Waals surface area contributed by atoms with Crippen molar-refractivity contribution in [3.8, 4) is 11.3 Å². The third-order valence-corrected chi connectivity index (χ3v) is 4.93. The highest BCUT2D eigenvalue weighted by Gasteiger charge is 2.32. The summed E-state index contributed by atoms with van der Waals surface area (Å²) in [6.45, 7) is 8.70. The maximum Gasteiger partial charge on any atom is 0.410 e. The molecule has 0 unspecified atom stereocenters. The lowest BCUT2D eigenvalue weighted by molar-refractivity contribution is 0.0120. The van der Waals surface area contributed by atoms with E-state index in [9.17, 15) is 9.18 Å². The first kappa shape index (κ1) is 18.2. The van der Waals surface area contributed by atoms with Crippen LogP contribution in [0.5, 0.6) is 0 Å². The molecule has 0 radical (unpaired) electrons. The summed E-state index contributed by atoms with van der Waals surface area (Å²) in [6.07, 6.45) is -0.315. The zero-order chi connectivity index (χ0) is 18.4. The van der Waals surface area contributed by atoms with E-state index in [4.69, 9.17) is 4.74 Å². The van der Waals surface area contributed by atoms with Gasteiger partial charge in [-0.25, -0.2) is 9.18 Å². The minimum Gasteiger partial charge on any atom is -0.444 e. The molecule has 0 aliphatic carbocycles. The van der Waals surface area contributed by atoms with Crippen LogP contribution in [0.1, 0.15) is 39.4 Å². The highest BCUT2D eigenvalue weighted by atomic mass is 127. The molecule has 25 heavy (non-hydrogen) atoms. The number of hydrogen-bond acceptors (Lipinski definition) is 3. The summed E-state index contributed by atoms with van der Waals surface area (Å²) in [5.74, 6) is -0.238. The van der Waals surface area contributed by atoms with Gasteiger partial charge in [0, 0.05) is 15.7 Å². The minimum atomic E-state index is -0.523. The van der Waals surface area contributed by atoms with Gasteiger partial charge in [-0.3, -0.25) is 9.58 Å². The lowest BCUT2D eigenvalue weighted by Gasteiger charge is -2.35. The Balaban J connectivity index is 1.87. The van der Waals surface area contributed by atoms with E-state index >= 15 is 0 Å². The first-order valence-corrected chi connectivity index (χ1v) is 9.26. The Morgan fingerprint density at radius 1 is 1.32 bits per heavy atom. The average Bonchev–Trinajstić information content (AvgIpc) is 2.93. The van der Waals surface area contributed by atoms with Gasteiger partial charge in [0.1, 0.15) is 11.4 Å². The molecule has 0 N–H and O–H groups in total. The first-order chi connectivity index (χ1) is 11.7. The number of nitrogens with zero attached hydrogens (tertiary/aromatic N) is 3. The minimum absolute atomic E-state index is 0.135. The summed E-state index contributed by atoms with van der Waals surface area (Å²) in [7, 11) is 0. The number of halogens is 2. The van der Waals surface area contributed by atoms with Gasteiger partial charge >= 0.3 is 6.09 Å². The van der Waals surface area contributed by atoms with Crippen LogP contribution in [0.15, 0.2) is 24.3 Å². The van der Waals surface area contributed by atoms with Crippen molar-refractivity contribution in [2.45, 2.75) is 45.9 Å². The van der Waals surface area contributed by atoms with Gasteiger partial charge < -0.3 is 4.74 Å². The fraction of sp³-hybridized carbons (Fsp3) is 0.444. The predicted molar refractivity (Wildman–Crippen MR) is 102 cm³/mol. The lowest BCUT2D eigenvalue weighted by atomic mass is 10.1. The second-order valence-electron chi connectivity index (χ2n) is 7.16. The Morgan fingerprint density at radius 3 is 2.68 bits per heavy atom. The van der Waals surface area contributed by atoms with Gasteiger partial charge in [-0.2, -0.15) is 5.10 Å². The first-order valence-electron chi connectivity index (χ1n) is 8.18. The molecule has 1 aromatic heterocycles. The molecule has 0 spiro atoms. The average molecular weight is 457 g/mol. The summed E-state index contributed by atoms with van der Waals surface area (Å²) in [5.41, 5.74) is 2.07. The fourth-order valence-corrected chi connectivity index (χ4v) is 3.38. The zero-order valence-corrected chi connectivity index (χ0v) is 16.9. The SMILES string of the molecule is C[C@@H]1c2cc(-c3ccc(F)c(I)c3)nn2CCN1C(=O)OC(C)(C)C. The summed E-state index contributed by atoms with van der Waals surface area (Å²) < 4.78 is 21.5. The molecule has 0 fully saturated rings. The Morgan fingerprint density at radius 2 is 2.04 bits per heavy atom. The number of hydrogen-bond donors (Lipinski definition) is 0. The standard InChI is InChI=1S/C18H21FIN3O2/c1-11-16-10-15(12-5-6-13(19)14(20)9-12)21-23(16)8-7-22(11)17(24)25-18(2,3)4/h5-6,9-11H,7-8H2,1-4H3/t11-/m1/s1. The largest absolute Gasteiger partial charge is 0.444 e. The van der Waals surface area contributed by atoms with Gasteiger partial charge in [0.15, 0.2) is 0 Å². The van der Waals surface area contributed by atoms with Crippen molar-refractivity contribution < 1.29 is 13.9 Å². The van der Waals surface area contributed by atoms with Crippen molar-refractivity contribution in [2.24, 2.45) is 0 Å². The highest BCUT2D eigenvalue weighted by molar-refractivity contribution is 14.1. The van der Waals surface area contributed by atoms with E-state index in [1.807, 2.05) is 61.0 Å². The number of benzene rings is 1. The molecular formula is C18H21FIN3O2. The van der Waals surface area contributed by atoms with Gasteiger partial charge in [-0.05, 0) is 74.6 Å². The number of amides is 1. The molecule has 1 aliphatic rings. The van der Waals surface area contributed by atoms with Crippen LogP contribution in [0, 0.1) is 9.39 Å². The maximum atomic E-state index is 13.5. The molecule has 134 valence electrons. The Kier molecular flexibility index (Phi) is 4.78. The van der Waals surface area contributed by atoms with Gasteiger partial charge in [0.25, 0.3) is 0 Å². The van der Waals surface area contributed by atoms with Crippen LogP contribution < -0.4 is 0 Å². The molecule has 0 saturated heterocycles. The third kappa shape index (κ3) is 3.80. The third-order valence-electron chi connectivity index (χ3n) is 4.10. The van der Waals surface area contributed by atoms with Crippen LogP contribution in [0.25, 0.3) is 11.3 Å². The second-order valence-corrected chi connectivity index (χ2v) is 8.32. The second kappa shape index (κ2) is 6.59. The number of fused-ring (bicyclic) bond motifs is 1. The number of ether oxygens (including phenoxy) is 1. The molecule has 1 atom stereocenters. The van der Waals surface area contributed by atoms with E-state index in [1.165, 1.54) is 6.07 Å². The Labute approximate surface area is 160 Å². The van der Waals surface area contributed by atoms with Crippen molar-refractivity contribution >= 4 is 28.7 Å². The fourth-order valence-electron chi connectivity index (χ4n) is 2.87. The predicted octanol–water partition coefficient (Wildman–Crippen LogP) is 4.61. The van der Waals surface area contributed by atoms with Gasteiger partial charge in [0.05, 0.1) is 24.0 Å². The van der Waals surface area contributed by atoms with Crippen LogP contribution >= 0.6 is 22.6 Å². The summed E-state index contributed by atoms with van der Waals surface area (Å²) in [4.78, 5) is 14.1. The van der Waals surface area contributed by atoms with E-state index < -0.39 is 5.60 Å². The number of aromatic nitrogens is 2. The molecule has 3 rings (SSSR count). The molecule has 2 heterocycles. The lowest BCUT2D eigenvalue weighted by Crippen LogP contribution is -2.43. The van der Waals surface area contributed by atoms with Crippen LogP contribution in [0.4, 0.5) is 9.18 Å². The number of carbonyl (C=O) groups is 1. The highest BCUT2D eigenvalue weighted by Crippen LogP contribution is 2.31. The van der Waals surface area contributed by atoms with Crippen LogP contribution in [0.3, 0.4) is 0 Å². The van der Waals surface area contributed by atoms with Crippen molar-refractivity contribution in [1.82, 2.24) is 14.7 Å². The van der Waals surface area contributed by atoms with E-state index in [2.05, 4.69) is 5.10 Å². The topological polar surface area (TPSA) is 47.4 Å². The van der Waals surface area contributed by atoms with Crippen molar-refractivity contribution in [1.29, 1.82) is 0 Å². The molecule has 1 amide bonds. The Hall–Kier alpha value is -1.64. The molecule has 0 bridgehead atoms. The van der Waals surface area contributed by atoms with E-state index in [1.54, 1.807) is 17.0 Å². The molecule has 0 saturated carbocycles. The number of carbonyl (C=O) groups excluding carboxylic acids is 1. The molecule has 1 aliphatic heterocycles. The zero-order valence-electron chi connectivity index (χ0n) is 14.7. The molecule has 2 aromatic rings. The van der Waals surface area contributed by atoms with E-state index in [0.717, 1.165) is 17.0 Å². The Bertz CT molecular complexity index is 813. The molecule has 5 nitrogen and oxygen atoms in total. The van der Waals surface area contributed by atoms with Crippen molar-refractivity contribution in [3.63, 3.8) is 0 Å². The number of rotatable bonds is 1. The monoisotopic (exact) mass is 457 g/mol. The van der Waals surface area contributed by atoms with Crippen molar-refractivity contribution in [2.75, 3.05) is 6.54 Å². The normalized spacial score (nSPS) is 17.4. The summed E-state index contributed by atoms with van der Waals surface area (Å²) >= 11 is 1.97. The van der Waals surface area contributed by atoms with Gasteiger partial charge in [0.2, 0.25) is 0 Å². The van der Waals surface area contributed by atoms with Gasteiger partial charge in [-0.15, -0.1) is 0 Å². The van der Waals surface area contributed by atoms with Gasteiger partial charge in [-0.1, -0.05) is 0 Å². The van der Waals surface area contributed by atoms with E-state index in [-0.39, 0.29) is 18.0 Å². The van der Waals surface area contributed by atoms with Crippen LogP contribution in [0.2, 0.25) is 0 Å². The summed E-state index contributed by atoms with van der Waals surface area (Å²) in [5, 5.41) is 4.62. The van der Waals surface area contributed by atoms with Crippen LogP contribution in [-0.2, 0) is 11.3 Å². The van der Waals surface area contributed by atoms with E-state index in [0.29, 0.717) is 16.7 Å². The maximum absolute atomic E-state index is 13.5. The smallest absolute Gasteiger partial charge is 0.410 e. The quantitative estimate of drug-likeness (QED) is 0.588. The molecule has 7 heteroatoms. The molecule has 1 aromatic carbocycles. The molecular weight excluding hydrogens is 436 g/mol. The van der Waals surface area contributed by atoms with Crippen molar-refractivity contribution in [3.05, 3.63) is 39.3 Å². The van der Waals surface area contributed by atoms with Crippen LogP contribution in [-0.4, -0.2) is 32.9 Å². The summed E-state index contributed by atoms with van der Waals surface area (Å²) in [6, 6.07) is 6.78.